The number of nitrogens with one attached hydrogen (secondary N) is 2. The fourth-order valence-electron chi connectivity index (χ4n) is 4.73. The minimum atomic E-state index is -3.82. The van der Waals surface area contributed by atoms with Gasteiger partial charge in [-0.2, -0.15) is 0 Å². The molecule has 3 aliphatic rings. The number of hydrogen-bond acceptors (Lipinski definition) is 7. The molecule has 0 aromatic heterocycles. The second kappa shape index (κ2) is 10.7. The van der Waals surface area contributed by atoms with Crippen LogP contribution in [-0.2, 0) is 29.1 Å². The van der Waals surface area contributed by atoms with Gasteiger partial charge < -0.3 is 20.7 Å². The lowest BCUT2D eigenvalue weighted by molar-refractivity contribution is -0.146. The third-order valence-electron chi connectivity index (χ3n) is 6.57. The van der Waals surface area contributed by atoms with Crippen LogP contribution < -0.4 is 15.8 Å². The summed E-state index contributed by atoms with van der Waals surface area (Å²) in [4.78, 5) is 52.2. The first kappa shape index (κ1) is 26.0. The Bertz CT molecular complexity index is 951. The highest BCUT2D eigenvalue weighted by Crippen LogP contribution is 2.45. The van der Waals surface area contributed by atoms with E-state index in [0.717, 1.165) is 19.3 Å². The molecule has 2 aliphatic heterocycles. The summed E-state index contributed by atoms with van der Waals surface area (Å²) in [6.45, 7) is 2.00. The molecule has 3 rings (SSSR count). The molecule has 4 unspecified atom stereocenters. The fourth-order valence-corrected chi connectivity index (χ4v) is 5.83. The average Bonchev–Trinajstić information content (AvgIpc) is 3.22. The normalized spacial score (nSPS) is 30.3. The van der Waals surface area contributed by atoms with E-state index < -0.39 is 51.5 Å². The Kier molecular flexibility index (Phi) is 8.21. The Hall–Kier alpha value is -2.63. The van der Waals surface area contributed by atoms with Crippen LogP contribution in [-0.4, -0.2) is 67.1 Å². The summed E-state index contributed by atoms with van der Waals surface area (Å²) in [5.41, 5.74) is 3.78. The molecular weight excluding hydrogens is 464 g/mol. The van der Waals surface area contributed by atoms with Gasteiger partial charge in [-0.25, -0.2) is 13.2 Å². The van der Waals surface area contributed by atoms with Gasteiger partial charge in [0.15, 0.2) is 6.10 Å². The van der Waals surface area contributed by atoms with Crippen molar-refractivity contribution in [3.05, 3.63) is 12.2 Å². The number of nitrogens with two attached hydrogens (primary N) is 1. The van der Waals surface area contributed by atoms with Crippen LogP contribution in [0.5, 0.6) is 0 Å². The molecule has 12 heteroatoms. The predicted octanol–water partition coefficient (Wildman–Crippen LogP) is 0.693. The quantitative estimate of drug-likeness (QED) is 0.469. The number of allylic oxidation sites excluding steroid dienone is 1. The number of hydrogen-bond donors (Lipinski definition) is 3. The number of rotatable bonds is 5. The highest BCUT2D eigenvalue weighted by atomic mass is 32.2. The van der Waals surface area contributed by atoms with Gasteiger partial charge in [0.1, 0.15) is 11.6 Å². The van der Waals surface area contributed by atoms with Crippen molar-refractivity contribution in [2.24, 2.45) is 11.7 Å². The van der Waals surface area contributed by atoms with E-state index in [9.17, 15) is 27.6 Å². The maximum absolute atomic E-state index is 13.3. The van der Waals surface area contributed by atoms with Crippen LogP contribution in [0.2, 0.25) is 0 Å². The molecular formula is C22H34N4O7S. The van der Waals surface area contributed by atoms with Crippen molar-refractivity contribution in [3.8, 4) is 0 Å². The van der Waals surface area contributed by atoms with Crippen LogP contribution in [0.3, 0.4) is 0 Å². The Balaban J connectivity index is 1.85. The number of nitrogens with zero attached hydrogens (tertiary/aromatic N) is 1. The molecule has 1 aliphatic carbocycles. The van der Waals surface area contributed by atoms with Crippen molar-refractivity contribution in [1.29, 1.82) is 0 Å². The van der Waals surface area contributed by atoms with Crippen LogP contribution >= 0.6 is 0 Å². The summed E-state index contributed by atoms with van der Waals surface area (Å²) in [6.07, 6.45) is 6.52. The van der Waals surface area contributed by atoms with Crippen molar-refractivity contribution in [2.75, 3.05) is 12.3 Å². The van der Waals surface area contributed by atoms with E-state index in [1.807, 2.05) is 12.2 Å². The lowest BCUT2D eigenvalue weighted by Crippen LogP contribution is -2.57. The highest BCUT2D eigenvalue weighted by molar-refractivity contribution is 7.90. The Morgan fingerprint density at radius 2 is 2.00 bits per heavy atom. The standard InChI is InChI=1S/C22H34N4O7S/c1-2-13-34(31,32)25-20(29)22-14-15(22)9-6-4-3-5-7-11-17(33-21(23)30)19(28)26-12-8-10-16(26)18(27)24-22/h6,9,15-17H,2-5,7-8,10-14H2,1H3,(H2,23,30)(H,24,27)(H,25,29). The number of fused-ring (bicyclic) bond motifs is 2. The lowest BCUT2D eigenvalue weighted by atomic mass is 10.1. The molecule has 34 heavy (non-hydrogen) atoms. The van der Waals surface area contributed by atoms with E-state index in [1.165, 1.54) is 4.90 Å². The van der Waals surface area contributed by atoms with Crippen molar-refractivity contribution < 1.29 is 32.3 Å². The van der Waals surface area contributed by atoms with Crippen molar-refractivity contribution in [3.63, 3.8) is 0 Å². The summed E-state index contributed by atoms with van der Waals surface area (Å²) in [5.74, 6) is -2.32. The van der Waals surface area contributed by atoms with Crippen LogP contribution in [0.4, 0.5) is 4.79 Å². The fraction of sp³-hybridized carbons (Fsp3) is 0.727. The Morgan fingerprint density at radius 1 is 1.24 bits per heavy atom. The van der Waals surface area contributed by atoms with E-state index in [2.05, 4.69) is 10.0 Å². The molecule has 0 radical (unpaired) electrons. The summed E-state index contributed by atoms with van der Waals surface area (Å²) < 4.78 is 31.6. The molecule has 4 amide bonds. The number of amides is 4. The molecule has 0 spiro atoms. The van der Waals surface area contributed by atoms with Gasteiger partial charge in [-0.05, 0) is 51.4 Å². The number of ether oxygens (including phenoxy) is 1. The molecule has 4 N–H and O–H groups in total. The first-order valence-corrected chi connectivity index (χ1v) is 13.5. The monoisotopic (exact) mass is 498 g/mol. The lowest BCUT2D eigenvalue weighted by Gasteiger charge is -2.29. The van der Waals surface area contributed by atoms with E-state index >= 15 is 0 Å². The van der Waals surface area contributed by atoms with Gasteiger partial charge in [-0.3, -0.25) is 19.1 Å². The van der Waals surface area contributed by atoms with Gasteiger partial charge in [0.05, 0.1) is 5.75 Å². The summed E-state index contributed by atoms with van der Waals surface area (Å²) in [7, 11) is -3.82. The number of sulfonamides is 1. The summed E-state index contributed by atoms with van der Waals surface area (Å²) in [5, 5.41) is 2.76. The smallest absolute Gasteiger partial charge is 0.405 e. The maximum Gasteiger partial charge on any atom is 0.405 e. The van der Waals surface area contributed by atoms with Crippen LogP contribution in [0.15, 0.2) is 12.2 Å². The molecule has 0 bridgehead atoms. The SMILES string of the molecule is CCCS(=O)(=O)NC(=O)C12CC1C=CCCCCCC(OC(N)=O)C(=O)N1CCCC1C(=O)N2. The minimum absolute atomic E-state index is 0.199. The Morgan fingerprint density at radius 3 is 2.71 bits per heavy atom. The van der Waals surface area contributed by atoms with Crippen molar-refractivity contribution in [2.45, 2.75) is 82.4 Å². The Labute approximate surface area is 199 Å². The zero-order chi connectivity index (χ0) is 24.9. The van der Waals surface area contributed by atoms with Gasteiger partial charge in [0.2, 0.25) is 15.9 Å². The van der Waals surface area contributed by atoms with E-state index in [-0.39, 0.29) is 18.1 Å². The zero-order valence-electron chi connectivity index (χ0n) is 19.5. The molecule has 2 heterocycles. The first-order chi connectivity index (χ1) is 16.1. The van der Waals surface area contributed by atoms with E-state index in [0.29, 0.717) is 38.6 Å². The largest absolute Gasteiger partial charge is 0.436 e. The topological polar surface area (TPSA) is 165 Å². The predicted molar refractivity (Wildman–Crippen MR) is 123 cm³/mol. The van der Waals surface area contributed by atoms with Crippen molar-refractivity contribution >= 4 is 33.8 Å². The average molecular weight is 499 g/mol. The van der Waals surface area contributed by atoms with Gasteiger partial charge >= 0.3 is 6.09 Å². The molecule has 190 valence electrons. The van der Waals surface area contributed by atoms with Gasteiger partial charge in [0, 0.05) is 12.5 Å². The summed E-state index contributed by atoms with van der Waals surface area (Å²) >= 11 is 0. The van der Waals surface area contributed by atoms with Crippen molar-refractivity contribution in [1.82, 2.24) is 14.9 Å². The number of carbonyl (C=O) groups is 4. The molecule has 2 fully saturated rings. The number of primary amides is 1. The van der Waals surface area contributed by atoms with Gasteiger partial charge in [0.25, 0.3) is 11.8 Å². The maximum atomic E-state index is 13.3. The number of carbonyl (C=O) groups excluding carboxylic acids is 4. The zero-order valence-corrected chi connectivity index (χ0v) is 20.3. The third-order valence-corrected chi connectivity index (χ3v) is 8.01. The van der Waals surface area contributed by atoms with E-state index in [1.54, 1.807) is 6.92 Å². The molecule has 0 aromatic carbocycles. The molecule has 11 nitrogen and oxygen atoms in total. The molecule has 0 aromatic rings. The molecule has 1 saturated heterocycles. The summed E-state index contributed by atoms with van der Waals surface area (Å²) in [6, 6.07) is -0.848. The second-order valence-electron chi connectivity index (χ2n) is 9.20. The van der Waals surface area contributed by atoms with Crippen LogP contribution in [0, 0.1) is 5.92 Å². The van der Waals surface area contributed by atoms with Crippen LogP contribution in [0.25, 0.3) is 0 Å². The molecule has 1 saturated carbocycles. The highest BCUT2D eigenvalue weighted by Gasteiger charge is 2.61. The molecule has 4 atom stereocenters. The van der Waals surface area contributed by atoms with Gasteiger partial charge in [-0.15, -0.1) is 0 Å². The van der Waals surface area contributed by atoms with Gasteiger partial charge in [-0.1, -0.05) is 25.5 Å². The first-order valence-electron chi connectivity index (χ1n) is 11.9. The van der Waals surface area contributed by atoms with Crippen LogP contribution in [0.1, 0.15) is 64.7 Å². The minimum Gasteiger partial charge on any atom is -0.436 e. The second-order valence-corrected chi connectivity index (χ2v) is 11.0. The van der Waals surface area contributed by atoms with E-state index in [4.69, 9.17) is 10.5 Å². The third kappa shape index (κ3) is 6.08.